The largest absolute Gasteiger partial charge is 0.494 e. The van der Waals surface area contributed by atoms with Gasteiger partial charge in [-0.1, -0.05) is 76.6 Å². The second kappa shape index (κ2) is 13.8. The van der Waals surface area contributed by atoms with Gasteiger partial charge in [-0.15, -0.1) is 0 Å². The molecule has 1 aliphatic rings. The lowest BCUT2D eigenvalue weighted by molar-refractivity contribution is -0.128. The summed E-state index contributed by atoms with van der Waals surface area (Å²) in [5.74, 6) is 0.485. The van der Waals surface area contributed by atoms with Crippen molar-refractivity contribution >= 4 is 27.7 Å². The van der Waals surface area contributed by atoms with Crippen LogP contribution in [0.4, 0.5) is 4.39 Å². The van der Waals surface area contributed by atoms with Crippen molar-refractivity contribution in [2.75, 3.05) is 19.8 Å². The number of benzene rings is 4. The van der Waals surface area contributed by atoms with Crippen LogP contribution in [0.1, 0.15) is 34.8 Å². The molecule has 1 amide bonds. The average Bonchev–Trinajstić information content (AvgIpc) is 3.41. The molecule has 2 N–H and O–H groups in total. The Hall–Kier alpha value is -4.01. The van der Waals surface area contributed by atoms with Crippen LogP contribution in [0.15, 0.2) is 113 Å². The van der Waals surface area contributed by atoms with Crippen molar-refractivity contribution < 1.29 is 23.8 Å². The van der Waals surface area contributed by atoms with Gasteiger partial charge in [-0.05, 0) is 65.6 Å². The number of carbonyl (C=O) groups excluding carboxylic acids is 1. The van der Waals surface area contributed by atoms with Crippen LogP contribution in [0.3, 0.4) is 0 Å². The number of nitrogens with zero attached hydrogens (tertiary/aromatic N) is 1. The summed E-state index contributed by atoms with van der Waals surface area (Å²) in [6.07, 6.45) is 0.696. The number of carbonyl (C=O) groups is 1. The molecule has 1 aliphatic heterocycles. The van der Waals surface area contributed by atoms with E-state index in [9.17, 15) is 9.18 Å². The highest BCUT2D eigenvalue weighted by Crippen LogP contribution is 2.43. The van der Waals surface area contributed by atoms with Crippen LogP contribution in [0.25, 0.3) is 0 Å². The van der Waals surface area contributed by atoms with Crippen LogP contribution in [-0.4, -0.2) is 42.2 Å². The molecule has 0 radical (unpaired) electrons. The molecule has 0 saturated carbocycles. The van der Waals surface area contributed by atoms with Crippen molar-refractivity contribution in [2.45, 2.75) is 30.9 Å². The number of hydrogen-bond donors (Lipinski definition) is 2. The number of aliphatic imine (C=N–C) groups is 1. The Bertz CT molecular complexity index is 1510. The lowest BCUT2D eigenvalue weighted by Gasteiger charge is -2.31. The Balaban J connectivity index is 1.50. The van der Waals surface area contributed by atoms with Crippen LogP contribution < -0.4 is 10.1 Å². The second-order valence-electron chi connectivity index (χ2n) is 10.1. The van der Waals surface area contributed by atoms with Crippen LogP contribution in [0, 0.1) is 5.82 Å². The van der Waals surface area contributed by atoms with Crippen LogP contribution in [0.5, 0.6) is 5.75 Å². The first kappa shape index (κ1) is 29.5. The molecule has 0 spiro atoms. The van der Waals surface area contributed by atoms with E-state index in [1.165, 1.54) is 12.1 Å². The third-order valence-electron chi connectivity index (χ3n) is 7.16. The molecule has 0 aromatic heterocycles. The zero-order valence-electron chi connectivity index (χ0n) is 23.0. The van der Waals surface area contributed by atoms with Crippen molar-refractivity contribution in [2.24, 2.45) is 4.99 Å². The second-order valence-corrected chi connectivity index (χ2v) is 11.0. The van der Waals surface area contributed by atoms with E-state index in [1.807, 2.05) is 78.9 Å². The SMILES string of the molecule is O=C(NCCc1ccc(F)cc1)[C@]1(Cc2ccccc2Br)N=C(c2ccc(OCCCO)cc2)O[C@@H]1c1ccccc1. The smallest absolute Gasteiger partial charge is 0.252 e. The minimum atomic E-state index is -1.31. The summed E-state index contributed by atoms with van der Waals surface area (Å²) in [4.78, 5) is 19.3. The number of rotatable bonds is 12. The third kappa shape index (κ3) is 6.89. The molecule has 0 saturated heterocycles. The molecule has 4 aromatic carbocycles. The molecule has 1 heterocycles. The number of nitrogens with one attached hydrogen (secondary N) is 1. The minimum Gasteiger partial charge on any atom is -0.494 e. The fourth-order valence-electron chi connectivity index (χ4n) is 4.97. The van der Waals surface area contributed by atoms with Gasteiger partial charge < -0.3 is 19.9 Å². The van der Waals surface area contributed by atoms with Gasteiger partial charge >= 0.3 is 0 Å². The minimum absolute atomic E-state index is 0.0647. The number of hydrogen-bond acceptors (Lipinski definition) is 5. The monoisotopic (exact) mass is 630 g/mol. The molecule has 216 valence electrons. The molecule has 0 bridgehead atoms. The van der Waals surface area contributed by atoms with Crippen molar-refractivity contribution in [3.63, 3.8) is 0 Å². The number of amides is 1. The van der Waals surface area contributed by atoms with E-state index in [0.29, 0.717) is 44.1 Å². The Labute approximate surface area is 253 Å². The quantitative estimate of drug-likeness (QED) is 0.182. The number of aliphatic hydroxyl groups is 1. The Morgan fingerprint density at radius 3 is 2.40 bits per heavy atom. The molecule has 6 nitrogen and oxygen atoms in total. The molecular weight excluding hydrogens is 599 g/mol. The summed E-state index contributed by atoms with van der Waals surface area (Å²) in [7, 11) is 0. The van der Waals surface area contributed by atoms with Gasteiger partial charge in [0.15, 0.2) is 11.6 Å². The van der Waals surface area contributed by atoms with E-state index in [4.69, 9.17) is 19.6 Å². The average molecular weight is 632 g/mol. The lowest BCUT2D eigenvalue weighted by Crippen LogP contribution is -2.50. The van der Waals surface area contributed by atoms with E-state index in [2.05, 4.69) is 21.2 Å². The van der Waals surface area contributed by atoms with E-state index in [0.717, 1.165) is 26.7 Å². The maximum atomic E-state index is 14.3. The lowest BCUT2D eigenvalue weighted by atomic mass is 9.82. The summed E-state index contributed by atoms with van der Waals surface area (Å²) in [5.41, 5.74) is 2.09. The topological polar surface area (TPSA) is 80.2 Å². The zero-order valence-corrected chi connectivity index (χ0v) is 24.6. The third-order valence-corrected chi connectivity index (χ3v) is 7.94. The van der Waals surface area contributed by atoms with Gasteiger partial charge in [0, 0.05) is 36.0 Å². The number of ether oxygens (including phenoxy) is 2. The van der Waals surface area contributed by atoms with Crippen molar-refractivity contribution in [3.8, 4) is 5.75 Å². The van der Waals surface area contributed by atoms with Crippen molar-refractivity contribution in [1.29, 1.82) is 0 Å². The molecule has 8 heteroatoms. The molecular formula is C34H32BrFN2O4. The van der Waals surface area contributed by atoms with Gasteiger partial charge in [-0.2, -0.15) is 0 Å². The predicted octanol–water partition coefficient (Wildman–Crippen LogP) is 6.21. The molecule has 4 aromatic rings. The summed E-state index contributed by atoms with van der Waals surface area (Å²) >= 11 is 3.65. The predicted molar refractivity (Wildman–Crippen MR) is 164 cm³/mol. The van der Waals surface area contributed by atoms with E-state index in [-0.39, 0.29) is 18.3 Å². The van der Waals surface area contributed by atoms with Gasteiger partial charge in [-0.25, -0.2) is 9.38 Å². The maximum Gasteiger partial charge on any atom is 0.252 e. The van der Waals surface area contributed by atoms with Gasteiger partial charge in [0.25, 0.3) is 5.91 Å². The normalized spacial score (nSPS) is 17.8. The highest BCUT2D eigenvalue weighted by atomic mass is 79.9. The summed E-state index contributed by atoms with van der Waals surface area (Å²) < 4.78 is 26.5. The molecule has 5 rings (SSSR count). The fourth-order valence-corrected chi connectivity index (χ4v) is 5.39. The molecule has 0 aliphatic carbocycles. The summed E-state index contributed by atoms with van der Waals surface area (Å²) in [6, 6.07) is 31.1. The zero-order chi connectivity index (χ0) is 29.4. The highest BCUT2D eigenvalue weighted by molar-refractivity contribution is 9.10. The Morgan fingerprint density at radius 2 is 1.69 bits per heavy atom. The Morgan fingerprint density at radius 1 is 0.976 bits per heavy atom. The van der Waals surface area contributed by atoms with Gasteiger partial charge in [0.1, 0.15) is 11.6 Å². The fraction of sp³-hybridized carbons (Fsp3) is 0.235. The van der Waals surface area contributed by atoms with E-state index < -0.39 is 11.6 Å². The van der Waals surface area contributed by atoms with Gasteiger partial charge in [0.05, 0.1) is 6.61 Å². The Kier molecular flexibility index (Phi) is 9.66. The van der Waals surface area contributed by atoms with E-state index in [1.54, 1.807) is 12.1 Å². The molecule has 42 heavy (non-hydrogen) atoms. The van der Waals surface area contributed by atoms with Crippen LogP contribution in [0.2, 0.25) is 0 Å². The van der Waals surface area contributed by atoms with Crippen LogP contribution >= 0.6 is 15.9 Å². The molecule has 0 unspecified atom stereocenters. The van der Waals surface area contributed by atoms with Crippen molar-refractivity contribution in [1.82, 2.24) is 5.32 Å². The highest BCUT2D eigenvalue weighted by Gasteiger charge is 2.53. The van der Waals surface area contributed by atoms with E-state index >= 15 is 0 Å². The first-order chi connectivity index (χ1) is 20.5. The maximum absolute atomic E-state index is 14.3. The summed E-state index contributed by atoms with van der Waals surface area (Å²) in [6.45, 7) is 0.833. The standard InChI is InChI=1S/C34H32BrFN2O4/c35-30-10-5-4-9-27(30)23-34(33(40)37-20-19-24-11-15-28(36)16-12-24)31(25-7-2-1-3-8-25)42-32(38-34)26-13-17-29(18-14-26)41-22-6-21-39/h1-5,7-18,31,39H,6,19-23H2,(H,37,40)/t31-,34-/m1/s1. The van der Waals surface area contributed by atoms with Crippen molar-refractivity contribution in [3.05, 3.63) is 136 Å². The number of halogens is 2. The van der Waals surface area contributed by atoms with Gasteiger partial charge in [0.2, 0.25) is 5.90 Å². The van der Waals surface area contributed by atoms with Crippen LogP contribution in [-0.2, 0) is 22.4 Å². The molecule has 0 fully saturated rings. The summed E-state index contributed by atoms with van der Waals surface area (Å²) in [5, 5.41) is 12.1. The first-order valence-electron chi connectivity index (χ1n) is 13.9. The molecule has 2 atom stereocenters. The number of aliphatic hydroxyl groups excluding tert-OH is 1. The first-order valence-corrected chi connectivity index (χ1v) is 14.7. The van der Waals surface area contributed by atoms with Gasteiger partial charge in [-0.3, -0.25) is 4.79 Å².